The fourth-order valence-corrected chi connectivity index (χ4v) is 3.52. The molecular formula is C20H25N3O2. The quantitative estimate of drug-likeness (QED) is 0.900. The Morgan fingerprint density at radius 2 is 1.96 bits per heavy atom. The standard InChI is InChI=1S/C20H25N3O2/c1-14-4-5-19(22-13-14)23-16-11-17(12-16)25-20-18(3-2-8-21-20)15-6-9-24-10-7-15/h2-5,8,13,15-17H,6-7,9-12H2,1H3,(H,22,23)/t16-,17+. The zero-order valence-corrected chi connectivity index (χ0v) is 14.6. The summed E-state index contributed by atoms with van der Waals surface area (Å²) in [5, 5.41) is 3.47. The van der Waals surface area contributed by atoms with E-state index in [0.717, 1.165) is 50.6 Å². The Morgan fingerprint density at radius 3 is 2.72 bits per heavy atom. The molecule has 2 fully saturated rings. The van der Waals surface area contributed by atoms with E-state index < -0.39 is 0 Å². The van der Waals surface area contributed by atoms with Gasteiger partial charge < -0.3 is 14.8 Å². The van der Waals surface area contributed by atoms with Crippen molar-refractivity contribution in [2.75, 3.05) is 18.5 Å². The lowest BCUT2D eigenvalue weighted by atomic mass is 9.88. The first-order valence-corrected chi connectivity index (χ1v) is 9.16. The Hall–Kier alpha value is -2.14. The van der Waals surface area contributed by atoms with E-state index in [4.69, 9.17) is 9.47 Å². The maximum atomic E-state index is 6.21. The Bertz CT molecular complexity index is 692. The molecule has 1 aliphatic carbocycles. The van der Waals surface area contributed by atoms with Crippen molar-refractivity contribution in [1.29, 1.82) is 0 Å². The number of aromatic nitrogens is 2. The normalized spacial score (nSPS) is 23.7. The summed E-state index contributed by atoms with van der Waals surface area (Å²) in [7, 11) is 0. The van der Waals surface area contributed by atoms with Crippen molar-refractivity contribution in [1.82, 2.24) is 9.97 Å². The van der Waals surface area contributed by atoms with E-state index in [0.29, 0.717) is 12.0 Å². The van der Waals surface area contributed by atoms with Crippen LogP contribution in [0, 0.1) is 6.92 Å². The second kappa shape index (κ2) is 7.40. The highest BCUT2D eigenvalue weighted by molar-refractivity contribution is 5.37. The van der Waals surface area contributed by atoms with Gasteiger partial charge in [-0.25, -0.2) is 9.97 Å². The zero-order valence-electron chi connectivity index (χ0n) is 14.6. The van der Waals surface area contributed by atoms with Crippen LogP contribution in [-0.4, -0.2) is 35.3 Å². The third-order valence-corrected chi connectivity index (χ3v) is 5.10. The van der Waals surface area contributed by atoms with Crippen LogP contribution in [0.2, 0.25) is 0 Å². The SMILES string of the molecule is Cc1ccc(N[C@H]2C[C@@H](Oc3ncccc3C3CCOCC3)C2)nc1. The van der Waals surface area contributed by atoms with Gasteiger partial charge in [0.2, 0.25) is 5.88 Å². The minimum absolute atomic E-state index is 0.233. The van der Waals surface area contributed by atoms with Crippen molar-refractivity contribution in [2.24, 2.45) is 0 Å². The van der Waals surface area contributed by atoms with E-state index in [1.165, 1.54) is 11.1 Å². The maximum Gasteiger partial charge on any atom is 0.217 e. The van der Waals surface area contributed by atoms with Crippen molar-refractivity contribution in [3.8, 4) is 5.88 Å². The Morgan fingerprint density at radius 1 is 1.12 bits per heavy atom. The van der Waals surface area contributed by atoms with Crippen LogP contribution in [-0.2, 0) is 4.74 Å². The second-order valence-electron chi connectivity index (χ2n) is 7.06. The second-order valence-corrected chi connectivity index (χ2v) is 7.06. The summed E-state index contributed by atoms with van der Waals surface area (Å²) < 4.78 is 11.7. The monoisotopic (exact) mass is 339 g/mol. The van der Waals surface area contributed by atoms with E-state index in [-0.39, 0.29) is 6.10 Å². The lowest BCUT2D eigenvalue weighted by Gasteiger charge is -2.36. The lowest BCUT2D eigenvalue weighted by Crippen LogP contribution is -2.43. The number of pyridine rings is 2. The van der Waals surface area contributed by atoms with Crippen LogP contribution in [0.25, 0.3) is 0 Å². The molecule has 1 saturated carbocycles. The van der Waals surface area contributed by atoms with Gasteiger partial charge in [0.15, 0.2) is 0 Å². The smallest absolute Gasteiger partial charge is 0.217 e. The molecule has 0 bridgehead atoms. The molecule has 5 heteroatoms. The number of ether oxygens (including phenoxy) is 2. The molecule has 25 heavy (non-hydrogen) atoms. The van der Waals surface area contributed by atoms with Crippen LogP contribution < -0.4 is 10.1 Å². The van der Waals surface area contributed by atoms with Crippen LogP contribution in [0.1, 0.15) is 42.7 Å². The molecule has 0 radical (unpaired) electrons. The summed E-state index contributed by atoms with van der Waals surface area (Å²) in [6.45, 7) is 3.71. The number of aryl methyl sites for hydroxylation is 1. The highest BCUT2D eigenvalue weighted by Gasteiger charge is 2.32. The van der Waals surface area contributed by atoms with E-state index in [2.05, 4.69) is 27.4 Å². The molecule has 2 aliphatic rings. The highest BCUT2D eigenvalue weighted by Crippen LogP contribution is 2.35. The Balaban J connectivity index is 1.33. The van der Waals surface area contributed by atoms with E-state index in [9.17, 15) is 0 Å². The van der Waals surface area contributed by atoms with Gasteiger partial charge in [-0.1, -0.05) is 12.1 Å². The molecule has 2 aromatic rings. The van der Waals surface area contributed by atoms with Crippen LogP contribution in [0.3, 0.4) is 0 Å². The molecule has 2 aromatic heterocycles. The van der Waals surface area contributed by atoms with Gasteiger partial charge in [0, 0.05) is 50.1 Å². The van der Waals surface area contributed by atoms with E-state index >= 15 is 0 Å². The highest BCUT2D eigenvalue weighted by atomic mass is 16.5. The summed E-state index contributed by atoms with van der Waals surface area (Å²) in [5.74, 6) is 2.25. The van der Waals surface area contributed by atoms with Gasteiger partial charge in [-0.2, -0.15) is 0 Å². The number of nitrogens with zero attached hydrogens (tertiary/aromatic N) is 2. The van der Waals surface area contributed by atoms with E-state index in [1.807, 2.05) is 31.5 Å². The van der Waals surface area contributed by atoms with Gasteiger partial charge in [0.05, 0.1) is 0 Å². The summed E-state index contributed by atoms with van der Waals surface area (Å²) in [4.78, 5) is 8.91. The minimum atomic E-state index is 0.233. The van der Waals surface area contributed by atoms with Crippen molar-refractivity contribution in [3.63, 3.8) is 0 Å². The Kier molecular flexibility index (Phi) is 4.83. The number of anilines is 1. The predicted octanol–water partition coefficient (Wildman–Crippen LogP) is 3.70. The molecule has 0 amide bonds. The van der Waals surface area contributed by atoms with Crippen molar-refractivity contribution >= 4 is 5.82 Å². The first-order valence-electron chi connectivity index (χ1n) is 9.16. The van der Waals surface area contributed by atoms with Crippen molar-refractivity contribution < 1.29 is 9.47 Å². The van der Waals surface area contributed by atoms with Crippen molar-refractivity contribution in [2.45, 2.75) is 50.7 Å². The third kappa shape index (κ3) is 3.93. The van der Waals surface area contributed by atoms with Crippen molar-refractivity contribution in [3.05, 3.63) is 47.8 Å². The summed E-state index contributed by atoms with van der Waals surface area (Å²) in [5.41, 5.74) is 2.42. The third-order valence-electron chi connectivity index (χ3n) is 5.10. The molecule has 5 nitrogen and oxygen atoms in total. The molecule has 3 heterocycles. The molecule has 0 unspecified atom stereocenters. The molecule has 132 valence electrons. The van der Waals surface area contributed by atoms with Gasteiger partial charge in [0.25, 0.3) is 0 Å². The van der Waals surface area contributed by atoms with Crippen LogP contribution in [0.4, 0.5) is 5.82 Å². The summed E-state index contributed by atoms with van der Waals surface area (Å²) >= 11 is 0. The first kappa shape index (κ1) is 16.3. The van der Waals surface area contributed by atoms with Gasteiger partial charge in [-0.3, -0.25) is 0 Å². The molecule has 1 N–H and O–H groups in total. The zero-order chi connectivity index (χ0) is 17.1. The summed E-state index contributed by atoms with van der Waals surface area (Å²) in [6, 6.07) is 8.70. The van der Waals surface area contributed by atoms with Crippen LogP contribution >= 0.6 is 0 Å². The fraction of sp³-hybridized carbons (Fsp3) is 0.500. The van der Waals surface area contributed by atoms with Gasteiger partial charge in [-0.15, -0.1) is 0 Å². The topological polar surface area (TPSA) is 56.3 Å². The van der Waals surface area contributed by atoms with Gasteiger partial charge >= 0.3 is 0 Å². The molecule has 0 aromatic carbocycles. The molecule has 1 saturated heterocycles. The number of hydrogen-bond donors (Lipinski definition) is 1. The predicted molar refractivity (Wildman–Crippen MR) is 97.1 cm³/mol. The number of hydrogen-bond acceptors (Lipinski definition) is 5. The van der Waals surface area contributed by atoms with Crippen LogP contribution in [0.5, 0.6) is 5.88 Å². The molecule has 1 aliphatic heterocycles. The van der Waals surface area contributed by atoms with Gasteiger partial charge in [0.1, 0.15) is 11.9 Å². The average Bonchev–Trinajstić information content (AvgIpc) is 2.63. The van der Waals surface area contributed by atoms with Crippen LogP contribution in [0.15, 0.2) is 36.7 Å². The van der Waals surface area contributed by atoms with E-state index in [1.54, 1.807) is 0 Å². The lowest BCUT2D eigenvalue weighted by molar-refractivity contribution is 0.0794. The first-order chi connectivity index (χ1) is 12.3. The van der Waals surface area contributed by atoms with Gasteiger partial charge in [-0.05, 0) is 43.4 Å². The molecule has 0 spiro atoms. The number of rotatable bonds is 5. The maximum absolute atomic E-state index is 6.21. The largest absolute Gasteiger partial charge is 0.474 e. The minimum Gasteiger partial charge on any atom is -0.474 e. The number of nitrogens with one attached hydrogen (secondary N) is 1. The average molecular weight is 339 g/mol. The molecule has 4 rings (SSSR count). The molecule has 0 atom stereocenters. The summed E-state index contributed by atoms with van der Waals surface area (Å²) in [6.07, 6.45) is 8.02. The Labute approximate surface area is 148 Å². The molecular weight excluding hydrogens is 314 g/mol. The fourth-order valence-electron chi connectivity index (χ4n) is 3.52.